The average molecular weight is 339 g/mol. The summed E-state index contributed by atoms with van der Waals surface area (Å²) >= 11 is 3.59. The Hall–Kier alpha value is -1.90. The van der Waals surface area contributed by atoms with Crippen molar-refractivity contribution in [2.24, 2.45) is 0 Å². The molecule has 21 heavy (non-hydrogen) atoms. The molecule has 0 bridgehead atoms. The van der Waals surface area contributed by atoms with Crippen molar-refractivity contribution in [3.8, 4) is 11.1 Å². The summed E-state index contributed by atoms with van der Waals surface area (Å²) in [5, 5.41) is 10.7. The topological polar surface area (TPSA) is 20.2 Å². The zero-order valence-electron chi connectivity index (χ0n) is 11.4. The van der Waals surface area contributed by atoms with Gasteiger partial charge >= 0.3 is 0 Å². The van der Waals surface area contributed by atoms with Crippen LogP contribution in [-0.4, -0.2) is 5.11 Å². The van der Waals surface area contributed by atoms with Crippen molar-refractivity contribution in [1.82, 2.24) is 0 Å². The molecule has 104 valence electrons. The molecule has 0 aromatic heterocycles. The van der Waals surface area contributed by atoms with Crippen LogP contribution < -0.4 is 0 Å². The third-order valence-electron chi connectivity index (χ3n) is 3.53. The molecule has 0 saturated carbocycles. The van der Waals surface area contributed by atoms with E-state index in [0.29, 0.717) is 0 Å². The van der Waals surface area contributed by atoms with E-state index >= 15 is 0 Å². The normalized spacial score (nSPS) is 12.1. The first-order chi connectivity index (χ1) is 10.3. The summed E-state index contributed by atoms with van der Waals surface area (Å²) in [5.41, 5.74) is 3.94. The van der Waals surface area contributed by atoms with Gasteiger partial charge in [-0.3, -0.25) is 0 Å². The summed E-state index contributed by atoms with van der Waals surface area (Å²) in [6, 6.07) is 25.8. The second-order valence-corrected chi connectivity index (χ2v) is 5.73. The number of rotatable bonds is 3. The standard InChI is InChI=1S/C19H15BrO/c20-18-13-7-6-11-16(18)15-10-4-5-12-17(15)19(21)14-8-2-1-3-9-14/h1-13,19,21H. The first-order valence-corrected chi connectivity index (χ1v) is 7.63. The van der Waals surface area contributed by atoms with Crippen LogP contribution in [0.15, 0.2) is 83.3 Å². The molecule has 2 heteroatoms. The third-order valence-corrected chi connectivity index (χ3v) is 4.23. The fraction of sp³-hybridized carbons (Fsp3) is 0.0526. The minimum Gasteiger partial charge on any atom is -0.384 e. The number of hydrogen-bond acceptors (Lipinski definition) is 1. The molecule has 0 saturated heterocycles. The molecule has 3 aromatic carbocycles. The highest BCUT2D eigenvalue weighted by Gasteiger charge is 2.16. The van der Waals surface area contributed by atoms with E-state index < -0.39 is 6.10 Å². The lowest BCUT2D eigenvalue weighted by atomic mass is 9.93. The Balaban J connectivity index is 2.11. The molecule has 0 heterocycles. The van der Waals surface area contributed by atoms with Crippen molar-refractivity contribution in [3.63, 3.8) is 0 Å². The zero-order chi connectivity index (χ0) is 14.7. The third kappa shape index (κ3) is 2.92. The first-order valence-electron chi connectivity index (χ1n) is 6.84. The molecule has 0 spiro atoms. The average Bonchev–Trinajstić information content (AvgIpc) is 2.55. The van der Waals surface area contributed by atoms with Gasteiger partial charge in [0.15, 0.2) is 0 Å². The number of halogens is 1. The minimum absolute atomic E-state index is 0.630. The van der Waals surface area contributed by atoms with Gasteiger partial charge in [0.25, 0.3) is 0 Å². The Bertz CT molecular complexity index is 737. The van der Waals surface area contributed by atoms with Crippen molar-refractivity contribution in [3.05, 3.63) is 94.5 Å². The molecule has 1 nitrogen and oxygen atoms in total. The highest BCUT2D eigenvalue weighted by atomic mass is 79.9. The van der Waals surface area contributed by atoms with E-state index in [4.69, 9.17) is 0 Å². The molecule has 0 aliphatic rings. The molecular weight excluding hydrogens is 324 g/mol. The highest BCUT2D eigenvalue weighted by molar-refractivity contribution is 9.10. The van der Waals surface area contributed by atoms with Gasteiger partial charge in [-0.2, -0.15) is 0 Å². The van der Waals surface area contributed by atoms with Crippen LogP contribution in [0.2, 0.25) is 0 Å². The van der Waals surface area contributed by atoms with Crippen molar-refractivity contribution in [1.29, 1.82) is 0 Å². The van der Waals surface area contributed by atoms with Gasteiger partial charge in [-0.25, -0.2) is 0 Å². The summed E-state index contributed by atoms with van der Waals surface area (Å²) in [7, 11) is 0. The Morgan fingerprint density at radius 2 is 1.24 bits per heavy atom. The molecule has 3 aromatic rings. The Morgan fingerprint density at radius 3 is 1.95 bits per heavy atom. The maximum absolute atomic E-state index is 10.7. The van der Waals surface area contributed by atoms with Crippen molar-refractivity contribution < 1.29 is 5.11 Å². The predicted octanol–water partition coefficient (Wildman–Crippen LogP) is 5.20. The maximum atomic E-state index is 10.7. The summed E-state index contributed by atoms with van der Waals surface area (Å²) in [6.45, 7) is 0. The number of aliphatic hydroxyl groups excluding tert-OH is 1. The monoisotopic (exact) mass is 338 g/mol. The van der Waals surface area contributed by atoms with Crippen LogP contribution in [-0.2, 0) is 0 Å². The van der Waals surface area contributed by atoms with Crippen LogP contribution in [0.5, 0.6) is 0 Å². The van der Waals surface area contributed by atoms with Crippen LogP contribution in [0.3, 0.4) is 0 Å². The smallest absolute Gasteiger partial charge is 0.105 e. The molecule has 1 atom stereocenters. The van der Waals surface area contributed by atoms with Gasteiger partial charge in [0.05, 0.1) is 0 Å². The molecular formula is C19H15BrO. The van der Waals surface area contributed by atoms with Gasteiger partial charge in [0, 0.05) is 4.47 Å². The summed E-state index contributed by atoms with van der Waals surface area (Å²) in [5.74, 6) is 0. The molecule has 0 aliphatic heterocycles. The zero-order valence-corrected chi connectivity index (χ0v) is 13.0. The first kappa shape index (κ1) is 14.1. The SMILES string of the molecule is OC(c1ccccc1)c1ccccc1-c1ccccc1Br. The second-order valence-electron chi connectivity index (χ2n) is 4.88. The second kappa shape index (κ2) is 6.25. The fourth-order valence-electron chi connectivity index (χ4n) is 2.48. The molecule has 0 amide bonds. The lowest BCUT2D eigenvalue weighted by molar-refractivity contribution is 0.221. The van der Waals surface area contributed by atoms with Crippen molar-refractivity contribution in [2.75, 3.05) is 0 Å². The van der Waals surface area contributed by atoms with E-state index in [9.17, 15) is 5.11 Å². The summed E-state index contributed by atoms with van der Waals surface area (Å²) < 4.78 is 1.03. The van der Waals surface area contributed by atoms with E-state index in [1.54, 1.807) is 0 Å². The van der Waals surface area contributed by atoms with Gasteiger partial charge in [-0.15, -0.1) is 0 Å². The predicted molar refractivity (Wildman–Crippen MR) is 90.1 cm³/mol. The van der Waals surface area contributed by atoms with Crippen LogP contribution in [0, 0.1) is 0 Å². The van der Waals surface area contributed by atoms with E-state index in [1.807, 2.05) is 72.8 Å². The van der Waals surface area contributed by atoms with Crippen LogP contribution in [0.1, 0.15) is 17.2 Å². The van der Waals surface area contributed by atoms with Gasteiger partial charge in [0.2, 0.25) is 0 Å². The molecule has 3 rings (SSSR count). The molecule has 0 fully saturated rings. The lowest BCUT2D eigenvalue weighted by Gasteiger charge is -2.17. The largest absolute Gasteiger partial charge is 0.384 e. The van der Waals surface area contributed by atoms with Gasteiger partial charge in [-0.1, -0.05) is 88.7 Å². The van der Waals surface area contributed by atoms with E-state index in [1.165, 1.54) is 0 Å². The van der Waals surface area contributed by atoms with Gasteiger partial charge in [0.1, 0.15) is 6.10 Å². The highest BCUT2D eigenvalue weighted by Crippen LogP contribution is 2.35. The Kier molecular flexibility index (Phi) is 4.18. The number of hydrogen-bond donors (Lipinski definition) is 1. The van der Waals surface area contributed by atoms with E-state index in [0.717, 1.165) is 26.7 Å². The van der Waals surface area contributed by atoms with Crippen LogP contribution in [0.4, 0.5) is 0 Å². The van der Waals surface area contributed by atoms with E-state index in [2.05, 4.69) is 22.0 Å². The fourth-order valence-corrected chi connectivity index (χ4v) is 2.97. The number of benzene rings is 3. The Labute approximate surface area is 133 Å². The van der Waals surface area contributed by atoms with Gasteiger partial charge < -0.3 is 5.11 Å². The van der Waals surface area contributed by atoms with E-state index in [-0.39, 0.29) is 0 Å². The Morgan fingerprint density at radius 1 is 0.667 bits per heavy atom. The van der Waals surface area contributed by atoms with Crippen LogP contribution in [0.25, 0.3) is 11.1 Å². The lowest BCUT2D eigenvalue weighted by Crippen LogP contribution is -2.01. The van der Waals surface area contributed by atoms with Crippen molar-refractivity contribution in [2.45, 2.75) is 6.10 Å². The minimum atomic E-state index is -0.630. The van der Waals surface area contributed by atoms with Crippen molar-refractivity contribution >= 4 is 15.9 Å². The summed E-state index contributed by atoms with van der Waals surface area (Å²) in [4.78, 5) is 0. The van der Waals surface area contributed by atoms with Gasteiger partial charge in [-0.05, 0) is 28.3 Å². The quantitative estimate of drug-likeness (QED) is 0.696. The molecule has 1 unspecified atom stereocenters. The number of aliphatic hydroxyl groups is 1. The summed E-state index contributed by atoms with van der Waals surface area (Å²) in [6.07, 6.45) is -0.630. The maximum Gasteiger partial charge on any atom is 0.105 e. The molecule has 1 N–H and O–H groups in total. The van der Waals surface area contributed by atoms with Crippen LogP contribution >= 0.6 is 15.9 Å². The molecule has 0 radical (unpaired) electrons. The molecule has 0 aliphatic carbocycles.